The Balaban J connectivity index is 1.66. The van der Waals surface area contributed by atoms with Crippen LogP contribution in [0.5, 0.6) is 0 Å². The van der Waals surface area contributed by atoms with E-state index in [0.717, 1.165) is 52.0 Å². The van der Waals surface area contributed by atoms with Crippen LogP contribution in [0.15, 0.2) is 30.3 Å². The Morgan fingerprint density at radius 3 is 2.73 bits per heavy atom. The molecule has 0 radical (unpaired) electrons. The van der Waals surface area contributed by atoms with Crippen molar-refractivity contribution in [2.24, 2.45) is 11.3 Å². The van der Waals surface area contributed by atoms with Crippen molar-refractivity contribution in [2.45, 2.75) is 19.3 Å². The monoisotopic (exact) mass is 302 g/mol. The van der Waals surface area contributed by atoms with Gasteiger partial charge in [-0.3, -0.25) is 4.79 Å². The van der Waals surface area contributed by atoms with Gasteiger partial charge in [0.25, 0.3) is 0 Å². The maximum absolute atomic E-state index is 12.2. The van der Waals surface area contributed by atoms with Crippen molar-refractivity contribution in [3.8, 4) is 0 Å². The zero-order valence-corrected chi connectivity index (χ0v) is 13.4. The van der Waals surface area contributed by atoms with Crippen LogP contribution in [0.1, 0.15) is 18.4 Å². The second-order valence-corrected chi connectivity index (χ2v) is 6.66. The molecule has 0 amide bonds. The van der Waals surface area contributed by atoms with Gasteiger partial charge >= 0.3 is 5.97 Å². The highest BCUT2D eigenvalue weighted by molar-refractivity contribution is 5.74. The van der Waals surface area contributed by atoms with E-state index in [9.17, 15) is 4.79 Å². The molecule has 1 unspecified atom stereocenters. The molecule has 22 heavy (non-hydrogen) atoms. The highest BCUT2D eigenvalue weighted by Crippen LogP contribution is 2.43. The highest BCUT2D eigenvalue weighted by atomic mass is 16.5. The summed E-state index contributed by atoms with van der Waals surface area (Å²) in [5, 5.41) is 3.42. The number of hydrogen-bond donors (Lipinski definition) is 1. The molecule has 4 nitrogen and oxygen atoms in total. The van der Waals surface area contributed by atoms with Gasteiger partial charge in [0.05, 0.1) is 13.0 Å². The minimum atomic E-state index is -0.0240. The fraction of sp³-hybridized carbons (Fsp3) is 0.611. The average Bonchev–Trinajstić information content (AvgIpc) is 2.92. The summed E-state index contributed by atoms with van der Waals surface area (Å²) in [6.45, 7) is 4.92. The highest BCUT2D eigenvalue weighted by Gasteiger charge is 2.50. The Kier molecular flexibility index (Phi) is 4.79. The maximum atomic E-state index is 12.2. The smallest absolute Gasteiger partial charge is 0.310 e. The van der Waals surface area contributed by atoms with Crippen molar-refractivity contribution in [3.05, 3.63) is 35.9 Å². The molecule has 2 fully saturated rings. The molecule has 1 N–H and O–H groups in total. The fourth-order valence-corrected chi connectivity index (χ4v) is 4.07. The molecule has 120 valence electrons. The first kappa shape index (κ1) is 15.5. The van der Waals surface area contributed by atoms with E-state index in [1.54, 1.807) is 0 Å². The number of carbonyl (C=O) groups excluding carboxylic acids is 1. The Bertz CT molecular complexity index is 497. The number of methoxy groups -OCH3 is 1. The second-order valence-electron chi connectivity index (χ2n) is 6.66. The predicted molar refractivity (Wildman–Crippen MR) is 86.6 cm³/mol. The van der Waals surface area contributed by atoms with Gasteiger partial charge in [-0.25, -0.2) is 0 Å². The number of nitrogens with one attached hydrogen (secondary N) is 1. The summed E-state index contributed by atoms with van der Waals surface area (Å²) in [5.74, 6) is 0.0134. The molecule has 0 aromatic heterocycles. The lowest BCUT2D eigenvalue weighted by atomic mass is 9.71. The molecule has 4 heteroatoms. The number of esters is 1. The Morgan fingerprint density at radius 2 is 2.05 bits per heavy atom. The second kappa shape index (κ2) is 6.80. The van der Waals surface area contributed by atoms with Crippen molar-refractivity contribution in [2.75, 3.05) is 39.8 Å². The minimum Gasteiger partial charge on any atom is -0.469 e. The fourth-order valence-electron chi connectivity index (χ4n) is 4.07. The molecule has 2 aliphatic heterocycles. The van der Waals surface area contributed by atoms with E-state index in [0.29, 0.717) is 0 Å². The third kappa shape index (κ3) is 3.18. The standard InChI is InChI=1S/C18H26N2O2/c1-22-17(21)16-13-20(12-7-15-5-3-2-4-6-15)14-18(16)8-10-19-11-9-18/h2-6,16,19H,7-14H2,1H3. The van der Waals surface area contributed by atoms with Crippen LogP contribution in [-0.4, -0.2) is 50.7 Å². The lowest BCUT2D eigenvalue weighted by Crippen LogP contribution is -2.44. The van der Waals surface area contributed by atoms with Gasteiger partial charge in [0.2, 0.25) is 0 Å². The van der Waals surface area contributed by atoms with E-state index in [1.165, 1.54) is 12.7 Å². The number of likely N-dealkylation sites (tertiary alicyclic amines) is 1. The average molecular weight is 302 g/mol. The molecule has 2 saturated heterocycles. The summed E-state index contributed by atoms with van der Waals surface area (Å²) >= 11 is 0. The molecular formula is C18H26N2O2. The Morgan fingerprint density at radius 1 is 1.32 bits per heavy atom. The molecule has 0 bridgehead atoms. The van der Waals surface area contributed by atoms with E-state index in [-0.39, 0.29) is 17.3 Å². The third-order valence-corrected chi connectivity index (χ3v) is 5.36. The summed E-state index contributed by atoms with van der Waals surface area (Å²) in [6, 6.07) is 10.6. The molecule has 1 atom stereocenters. The van der Waals surface area contributed by atoms with Gasteiger partial charge in [0.1, 0.15) is 0 Å². The van der Waals surface area contributed by atoms with Crippen molar-refractivity contribution < 1.29 is 9.53 Å². The van der Waals surface area contributed by atoms with Crippen LogP contribution in [0.4, 0.5) is 0 Å². The zero-order chi connectivity index (χ0) is 15.4. The van der Waals surface area contributed by atoms with Crippen LogP contribution in [-0.2, 0) is 16.0 Å². The molecule has 1 spiro atoms. The van der Waals surface area contributed by atoms with Crippen LogP contribution in [0.2, 0.25) is 0 Å². The van der Waals surface area contributed by atoms with Crippen LogP contribution in [0.25, 0.3) is 0 Å². The lowest BCUT2D eigenvalue weighted by Gasteiger charge is -2.37. The molecule has 1 aromatic rings. The van der Waals surface area contributed by atoms with Gasteiger partial charge in [0, 0.05) is 19.6 Å². The van der Waals surface area contributed by atoms with Gasteiger partial charge in [-0.1, -0.05) is 30.3 Å². The van der Waals surface area contributed by atoms with Crippen molar-refractivity contribution in [3.63, 3.8) is 0 Å². The number of hydrogen-bond acceptors (Lipinski definition) is 4. The maximum Gasteiger partial charge on any atom is 0.310 e. The summed E-state index contributed by atoms with van der Waals surface area (Å²) in [5.41, 5.74) is 1.48. The van der Waals surface area contributed by atoms with Gasteiger partial charge in [-0.15, -0.1) is 0 Å². The van der Waals surface area contributed by atoms with Gasteiger partial charge < -0.3 is 15.0 Å². The predicted octanol–water partition coefficient (Wildman–Crippen LogP) is 1.70. The van der Waals surface area contributed by atoms with Crippen LogP contribution < -0.4 is 5.32 Å². The van der Waals surface area contributed by atoms with Gasteiger partial charge in [-0.05, 0) is 43.3 Å². The largest absolute Gasteiger partial charge is 0.469 e. The molecular weight excluding hydrogens is 276 g/mol. The van der Waals surface area contributed by atoms with Crippen molar-refractivity contribution >= 4 is 5.97 Å². The van der Waals surface area contributed by atoms with E-state index >= 15 is 0 Å². The van der Waals surface area contributed by atoms with Crippen molar-refractivity contribution in [1.29, 1.82) is 0 Å². The summed E-state index contributed by atoms with van der Waals surface area (Å²) < 4.78 is 5.09. The number of benzene rings is 1. The molecule has 3 rings (SSSR count). The molecule has 0 aliphatic carbocycles. The number of nitrogens with zero attached hydrogens (tertiary/aromatic N) is 1. The minimum absolute atomic E-state index is 0.0240. The normalized spacial score (nSPS) is 24.5. The first-order valence-corrected chi connectivity index (χ1v) is 8.28. The summed E-state index contributed by atoms with van der Waals surface area (Å²) in [4.78, 5) is 14.7. The number of ether oxygens (including phenoxy) is 1. The Hall–Kier alpha value is -1.39. The molecule has 2 aliphatic rings. The summed E-state index contributed by atoms with van der Waals surface area (Å²) in [6.07, 6.45) is 3.20. The quantitative estimate of drug-likeness (QED) is 0.860. The Labute approximate surface area is 132 Å². The number of carbonyl (C=O) groups is 1. The van der Waals surface area contributed by atoms with Gasteiger partial charge in [-0.2, -0.15) is 0 Å². The lowest BCUT2D eigenvalue weighted by molar-refractivity contribution is -0.149. The summed E-state index contributed by atoms with van der Waals surface area (Å²) in [7, 11) is 1.52. The molecule has 2 heterocycles. The van der Waals surface area contributed by atoms with E-state index in [1.807, 2.05) is 0 Å². The van der Waals surface area contributed by atoms with E-state index < -0.39 is 0 Å². The van der Waals surface area contributed by atoms with Crippen LogP contribution in [0.3, 0.4) is 0 Å². The van der Waals surface area contributed by atoms with Crippen molar-refractivity contribution in [1.82, 2.24) is 10.2 Å². The number of piperidine rings is 1. The topological polar surface area (TPSA) is 41.6 Å². The van der Waals surface area contributed by atoms with Crippen LogP contribution in [0, 0.1) is 11.3 Å². The first-order valence-electron chi connectivity index (χ1n) is 8.28. The van der Waals surface area contributed by atoms with E-state index in [4.69, 9.17) is 4.74 Å². The van der Waals surface area contributed by atoms with Crippen LogP contribution >= 0.6 is 0 Å². The van der Waals surface area contributed by atoms with E-state index in [2.05, 4.69) is 40.5 Å². The zero-order valence-electron chi connectivity index (χ0n) is 13.4. The first-order chi connectivity index (χ1) is 10.7. The third-order valence-electron chi connectivity index (χ3n) is 5.36. The SMILES string of the molecule is COC(=O)C1CN(CCc2ccccc2)CC12CCNCC2. The molecule has 1 aromatic carbocycles. The molecule has 0 saturated carbocycles. The number of rotatable bonds is 4. The van der Waals surface area contributed by atoms with Gasteiger partial charge in [0.15, 0.2) is 0 Å².